The SMILES string of the molecule is NCCc1onc2c1CCOCC2. The summed E-state index contributed by atoms with van der Waals surface area (Å²) in [5.41, 5.74) is 7.75. The highest BCUT2D eigenvalue weighted by molar-refractivity contribution is 5.24. The summed E-state index contributed by atoms with van der Waals surface area (Å²) >= 11 is 0. The van der Waals surface area contributed by atoms with Crippen molar-refractivity contribution in [1.29, 1.82) is 0 Å². The van der Waals surface area contributed by atoms with Crippen molar-refractivity contribution in [3.8, 4) is 0 Å². The first-order valence-electron chi connectivity index (χ1n) is 4.66. The predicted octanol–water partition coefficient (Wildman–Crippen LogP) is 0.291. The third-order valence-electron chi connectivity index (χ3n) is 2.30. The fourth-order valence-corrected chi connectivity index (χ4v) is 1.63. The summed E-state index contributed by atoms with van der Waals surface area (Å²) in [7, 11) is 0. The minimum absolute atomic E-state index is 0.614. The van der Waals surface area contributed by atoms with Crippen LogP contribution in [0.1, 0.15) is 17.0 Å². The normalized spacial score (nSPS) is 16.7. The van der Waals surface area contributed by atoms with Gasteiger partial charge in [-0.3, -0.25) is 0 Å². The second-order valence-electron chi connectivity index (χ2n) is 3.18. The van der Waals surface area contributed by atoms with Crippen molar-refractivity contribution in [2.75, 3.05) is 19.8 Å². The summed E-state index contributed by atoms with van der Waals surface area (Å²) in [6, 6.07) is 0. The molecule has 0 atom stereocenters. The number of hydrogen-bond acceptors (Lipinski definition) is 4. The lowest BCUT2D eigenvalue weighted by atomic mass is 10.1. The molecule has 1 aromatic rings. The lowest BCUT2D eigenvalue weighted by Crippen LogP contribution is -2.04. The van der Waals surface area contributed by atoms with Gasteiger partial charge in [0.15, 0.2) is 0 Å². The van der Waals surface area contributed by atoms with Gasteiger partial charge in [-0.05, 0) is 6.54 Å². The van der Waals surface area contributed by atoms with Crippen molar-refractivity contribution in [3.05, 3.63) is 17.0 Å². The fraction of sp³-hybridized carbons (Fsp3) is 0.667. The molecule has 72 valence electrons. The van der Waals surface area contributed by atoms with Gasteiger partial charge in [-0.2, -0.15) is 0 Å². The second-order valence-corrected chi connectivity index (χ2v) is 3.18. The van der Waals surface area contributed by atoms with Crippen LogP contribution in [0.5, 0.6) is 0 Å². The van der Waals surface area contributed by atoms with E-state index in [2.05, 4.69) is 5.16 Å². The van der Waals surface area contributed by atoms with Crippen molar-refractivity contribution in [3.63, 3.8) is 0 Å². The van der Waals surface area contributed by atoms with Crippen LogP contribution in [-0.4, -0.2) is 24.9 Å². The number of rotatable bonds is 2. The molecular formula is C9H14N2O2. The Kier molecular flexibility index (Phi) is 2.61. The summed E-state index contributed by atoms with van der Waals surface area (Å²) < 4.78 is 10.6. The van der Waals surface area contributed by atoms with Crippen LogP contribution in [0.15, 0.2) is 4.52 Å². The molecule has 2 N–H and O–H groups in total. The minimum Gasteiger partial charge on any atom is -0.381 e. The number of nitrogens with two attached hydrogens (primary N) is 1. The molecule has 0 radical (unpaired) electrons. The Morgan fingerprint density at radius 3 is 3.00 bits per heavy atom. The van der Waals surface area contributed by atoms with Crippen LogP contribution in [0.25, 0.3) is 0 Å². The maximum atomic E-state index is 5.47. The Morgan fingerprint density at radius 2 is 2.15 bits per heavy atom. The average molecular weight is 182 g/mol. The van der Waals surface area contributed by atoms with Crippen LogP contribution < -0.4 is 5.73 Å². The Balaban J connectivity index is 2.23. The highest BCUT2D eigenvalue weighted by Gasteiger charge is 2.17. The molecule has 0 aliphatic carbocycles. The van der Waals surface area contributed by atoms with Gasteiger partial charge in [0.1, 0.15) is 5.76 Å². The van der Waals surface area contributed by atoms with E-state index in [1.165, 1.54) is 5.56 Å². The number of nitrogens with zero attached hydrogens (tertiary/aromatic N) is 1. The van der Waals surface area contributed by atoms with Gasteiger partial charge >= 0.3 is 0 Å². The smallest absolute Gasteiger partial charge is 0.141 e. The molecule has 0 saturated heterocycles. The predicted molar refractivity (Wildman–Crippen MR) is 47.5 cm³/mol. The first kappa shape index (κ1) is 8.72. The van der Waals surface area contributed by atoms with Crippen molar-refractivity contribution in [2.45, 2.75) is 19.3 Å². The van der Waals surface area contributed by atoms with Crippen molar-refractivity contribution >= 4 is 0 Å². The average Bonchev–Trinajstić information content (AvgIpc) is 2.38. The van der Waals surface area contributed by atoms with E-state index in [1.807, 2.05) is 0 Å². The molecule has 0 unspecified atom stereocenters. The van der Waals surface area contributed by atoms with Gasteiger partial charge in [0.25, 0.3) is 0 Å². The van der Waals surface area contributed by atoms with E-state index in [-0.39, 0.29) is 0 Å². The zero-order valence-electron chi connectivity index (χ0n) is 7.58. The number of aromatic nitrogens is 1. The molecule has 1 aliphatic heterocycles. The number of ether oxygens (including phenoxy) is 1. The van der Waals surface area contributed by atoms with E-state index in [0.717, 1.165) is 43.9 Å². The third-order valence-corrected chi connectivity index (χ3v) is 2.30. The summed E-state index contributed by atoms with van der Waals surface area (Å²) in [6.07, 6.45) is 2.56. The molecule has 0 bridgehead atoms. The zero-order valence-corrected chi connectivity index (χ0v) is 7.58. The van der Waals surface area contributed by atoms with E-state index in [9.17, 15) is 0 Å². The second kappa shape index (κ2) is 3.89. The van der Waals surface area contributed by atoms with Crippen LogP contribution in [0.3, 0.4) is 0 Å². The van der Waals surface area contributed by atoms with E-state index >= 15 is 0 Å². The van der Waals surface area contributed by atoms with Crippen LogP contribution in [0, 0.1) is 0 Å². The molecule has 2 rings (SSSR count). The number of fused-ring (bicyclic) bond motifs is 1. The van der Waals surface area contributed by atoms with Crippen LogP contribution >= 0.6 is 0 Å². The van der Waals surface area contributed by atoms with Crippen LogP contribution in [0.2, 0.25) is 0 Å². The Morgan fingerprint density at radius 1 is 1.31 bits per heavy atom. The zero-order chi connectivity index (χ0) is 9.10. The van der Waals surface area contributed by atoms with E-state index in [1.54, 1.807) is 0 Å². The van der Waals surface area contributed by atoms with Gasteiger partial charge in [-0.15, -0.1) is 0 Å². The molecule has 0 amide bonds. The highest BCUT2D eigenvalue weighted by atomic mass is 16.5. The molecule has 0 saturated carbocycles. The topological polar surface area (TPSA) is 61.3 Å². The number of hydrogen-bond donors (Lipinski definition) is 1. The summed E-state index contributed by atoms with van der Waals surface area (Å²) in [6.45, 7) is 2.13. The standard InChI is InChI=1S/C9H14N2O2/c10-4-1-9-7-2-5-12-6-3-8(7)11-13-9/h1-6,10H2. The van der Waals surface area contributed by atoms with Gasteiger partial charge in [0.2, 0.25) is 0 Å². The van der Waals surface area contributed by atoms with Gasteiger partial charge in [0, 0.05) is 24.8 Å². The van der Waals surface area contributed by atoms with Crippen molar-refractivity contribution in [1.82, 2.24) is 5.16 Å². The summed E-state index contributed by atoms with van der Waals surface area (Å²) in [4.78, 5) is 0. The van der Waals surface area contributed by atoms with E-state index in [0.29, 0.717) is 6.54 Å². The molecule has 1 aliphatic rings. The Hall–Kier alpha value is -0.870. The third kappa shape index (κ3) is 1.73. The largest absolute Gasteiger partial charge is 0.381 e. The molecule has 4 nitrogen and oxygen atoms in total. The molecule has 0 aromatic carbocycles. The van der Waals surface area contributed by atoms with E-state index in [4.69, 9.17) is 15.0 Å². The van der Waals surface area contributed by atoms with Gasteiger partial charge in [0.05, 0.1) is 18.9 Å². The van der Waals surface area contributed by atoms with Gasteiger partial charge in [-0.1, -0.05) is 5.16 Å². The maximum Gasteiger partial charge on any atom is 0.141 e. The lowest BCUT2D eigenvalue weighted by Gasteiger charge is -1.97. The Labute approximate surface area is 77.0 Å². The summed E-state index contributed by atoms with van der Waals surface area (Å²) in [5, 5.41) is 4.02. The molecule has 2 heterocycles. The van der Waals surface area contributed by atoms with E-state index < -0.39 is 0 Å². The monoisotopic (exact) mass is 182 g/mol. The molecule has 13 heavy (non-hydrogen) atoms. The molecule has 0 fully saturated rings. The van der Waals surface area contributed by atoms with Gasteiger partial charge < -0.3 is 15.0 Å². The lowest BCUT2D eigenvalue weighted by molar-refractivity contribution is 0.144. The first-order valence-corrected chi connectivity index (χ1v) is 4.66. The first-order chi connectivity index (χ1) is 6.42. The fourth-order valence-electron chi connectivity index (χ4n) is 1.63. The van der Waals surface area contributed by atoms with Crippen LogP contribution in [-0.2, 0) is 24.0 Å². The highest BCUT2D eigenvalue weighted by Crippen LogP contribution is 2.18. The van der Waals surface area contributed by atoms with Crippen molar-refractivity contribution in [2.24, 2.45) is 5.73 Å². The summed E-state index contributed by atoms with van der Waals surface area (Å²) in [5.74, 6) is 0.947. The van der Waals surface area contributed by atoms with Gasteiger partial charge in [-0.25, -0.2) is 0 Å². The van der Waals surface area contributed by atoms with Crippen LogP contribution in [0.4, 0.5) is 0 Å². The minimum atomic E-state index is 0.614. The molecule has 0 spiro atoms. The van der Waals surface area contributed by atoms with Crippen molar-refractivity contribution < 1.29 is 9.26 Å². The molecule has 1 aromatic heterocycles. The molecule has 4 heteroatoms. The maximum absolute atomic E-state index is 5.47. The Bertz CT molecular complexity index is 283. The molecular weight excluding hydrogens is 168 g/mol. The quantitative estimate of drug-likeness (QED) is 0.714.